The molecule has 0 spiro atoms. The summed E-state index contributed by atoms with van der Waals surface area (Å²) in [4.78, 5) is 23.7. The van der Waals surface area contributed by atoms with Gasteiger partial charge in [-0.05, 0) is 49.4 Å². The predicted octanol–water partition coefficient (Wildman–Crippen LogP) is 2.57. The monoisotopic (exact) mass is 356 g/mol. The molecule has 134 valence electrons. The Morgan fingerprint density at radius 3 is 2.58 bits per heavy atom. The molecular weight excluding hydrogens is 339 g/mol. The highest BCUT2D eigenvalue weighted by Gasteiger charge is 2.11. The third kappa shape index (κ3) is 5.31. The Bertz CT molecular complexity index is 828. The molecule has 26 heavy (non-hydrogen) atoms. The van der Waals surface area contributed by atoms with Crippen LogP contribution >= 0.6 is 0 Å². The normalized spacial score (nSPS) is 9.88. The van der Waals surface area contributed by atoms with E-state index in [1.165, 1.54) is 12.1 Å². The summed E-state index contributed by atoms with van der Waals surface area (Å²) in [7, 11) is 0. The van der Waals surface area contributed by atoms with Crippen molar-refractivity contribution in [2.24, 2.45) is 0 Å². The number of nitrogens with one attached hydrogen (secondary N) is 1. The van der Waals surface area contributed by atoms with Crippen molar-refractivity contribution < 1.29 is 23.5 Å². The molecule has 6 nitrogen and oxygen atoms in total. The highest BCUT2D eigenvalue weighted by molar-refractivity contribution is 5.96. The fourth-order valence-corrected chi connectivity index (χ4v) is 2.09. The van der Waals surface area contributed by atoms with E-state index in [2.05, 4.69) is 5.32 Å². The van der Waals surface area contributed by atoms with E-state index in [1.807, 2.05) is 13.0 Å². The number of benzene rings is 2. The Kier molecular flexibility index (Phi) is 6.68. The molecule has 0 bridgehead atoms. The zero-order chi connectivity index (χ0) is 18.9. The van der Waals surface area contributed by atoms with E-state index in [1.54, 1.807) is 24.3 Å². The minimum atomic E-state index is -0.717. The molecule has 1 N–H and O–H groups in total. The van der Waals surface area contributed by atoms with Gasteiger partial charge in [-0.3, -0.25) is 9.59 Å². The molecule has 2 aromatic carbocycles. The van der Waals surface area contributed by atoms with Gasteiger partial charge in [0, 0.05) is 11.1 Å². The van der Waals surface area contributed by atoms with E-state index in [9.17, 15) is 14.0 Å². The number of nitrogens with zero attached hydrogens (tertiary/aromatic N) is 1. The first kappa shape index (κ1) is 18.9. The number of esters is 1. The average molecular weight is 356 g/mol. The molecule has 0 aliphatic heterocycles. The largest absolute Gasteiger partial charge is 0.494 e. The lowest BCUT2D eigenvalue weighted by Gasteiger charge is -2.08. The van der Waals surface area contributed by atoms with Gasteiger partial charge in [0.25, 0.3) is 5.91 Å². The van der Waals surface area contributed by atoms with Crippen molar-refractivity contribution in [3.8, 4) is 11.8 Å². The van der Waals surface area contributed by atoms with Gasteiger partial charge in [0.1, 0.15) is 24.7 Å². The van der Waals surface area contributed by atoms with Crippen molar-refractivity contribution in [3.05, 3.63) is 65.0 Å². The molecule has 1 amide bonds. The third-order valence-electron chi connectivity index (χ3n) is 3.38. The number of carbonyl (C=O) groups excluding carboxylic acids is 2. The van der Waals surface area contributed by atoms with Crippen LogP contribution in [0, 0.1) is 17.1 Å². The fraction of sp³-hybridized carbons (Fsp3) is 0.211. The van der Waals surface area contributed by atoms with Crippen LogP contribution in [0.2, 0.25) is 0 Å². The first-order valence-electron chi connectivity index (χ1n) is 7.88. The number of ether oxygens (including phenoxy) is 2. The molecule has 0 atom stereocenters. The Labute approximate surface area is 150 Å². The molecule has 0 unspecified atom stereocenters. The minimum absolute atomic E-state index is 0.0928. The number of nitriles is 1. The van der Waals surface area contributed by atoms with Crippen molar-refractivity contribution in [2.75, 3.05) is 13.2 Å². The molecule has 0 aromatic heterocycles. The Morgan fingerprint density at radius 2 is 1.92 bits per heavy atom. The van der Waals surface area contributed by atoms with E-state index in [4.69, 9.17) is 14.7 Å². The van der Waals surface area contributed by atoms with Crippen LogP contribution in [-0.2, 0) is 16.1 Å². The van der Waals surface area contributed by atoms with E-state index in [-0.39, 0.29) is 24.3 Å². The summed E-state index contributed by atoms with van der Waals surface area (Å²) in [5, 5.41) is 11.2. The van der Waals surface area contributed by atoms with Crippen LogP contribution in [0.15, 0.2) is 42.5 Å². The Morgan fingerprint density at radius 1 is 1.19 bits per heavy atom. The average Bonchev–Trinajstić information content (AvgIpc) is 2.66. The highest BCUT2D eigenvalue weighted by Crippen LogP contribution is 2.12. The number of rotatable bonds is 7. The van der Waals surface area contributed by atoms with Crippen LogP contribution < -0.4 is 10.1 Å². The van der Waals surface area contributed by atoms with Crippen LogP contribution in [-0.4, -0.2) is 25.0 Å². The van der Waals surface area contributed by atoms with E-state index in [0.717, 1.165) is 6.07 Å². The molecular formula is C19H17FN2O4. The molecule has 2 aromatic rings. The van der Waals surface area contributed by atoms with Crippen LogP contribution in [0.25, 0.3) is 0 Å². The Balaban J connectivity index is 1.83. The summed E-state index contributed by atoms with van der Waals surface area (Å²) in [6.45, 7) is 1.70. The number of hydrogen-bond acceptors (Lipinski definition) is 5. The van der Waals surface area contributed by atoms with Gasteiger partial charge in [-0.25, -0.2) is 4.39 Å². The standard InChI is InChI=1S/C19H17FN2O4/c1-2-25-16-6-4-14(5-7-16)19(24)22-11-18(23)26-12-15-9-13(10-21)3-8-17(15)20/h3-9H,2,11-12H2,1H3,(H,22,24). The maximum atomic E-state index is 13.6. The second-order valence-electron chi connectivity index (χ2n) is 5.22. The van der Waals surface area contributed by atoms with Gasteiger partial charge < -0.3 is 14.8 Å². The maximum Gasteiger partial charge on any atom is 0.325 e. The van der Waals surface area contributed by atoms with Crippen molar-refractivity contribution >= 4 is 11.9 Å². The summed E-state index contributed by atoms with van der Waals surface area (Å²) in [6, 6.07) is 12.1. The second kappa shape index (κ2) is 9.18. The predicted molar refractivity (Wildman–Crippen MR) is 90.9 cm³/mol. The van der Waals surface area contributed by atoms with E-state index in [0.29, 0.717) is 17.9 Å². The van der Waals surface area contributed by atoms with Crippen molar-refractivity contribution in [2.45, 2.75) is 13.5 Å². The van der Waals surface area contributed by atoms with Crippen molar-refractivity contribution in [1.82, 2.24) is 5.32 Å². The quantitative estimate of drug-likeness (QED) is 0.770. The van der Waals surface area contributed by atoms with Crippen LogP contribution in [0.3, 0.4) is 0 Å². The summed E-state index contributed by atoms with van der Waals surface area (Å²) < 4.78 is 23.8. The highest BCUT2D eigenvalue weighted by atomic mass is 19.1. The lowest BCUT2D eigenvalue weighted by molar-refractivity contribution is -0.143. The lowest BCUT2D eigenvalue weighted by Crippen LogP contribution is -2.30. The first-order valence-corrected chi connectivity index (χ1v) is 7.88. The molecule has 7 heteroatoms. The smallest absolute Gasteiger partial charge is 0.325 e. The molecule has 0 aliphatic carbocycles. The van der Waals surface area contributed by atoms with Crippen molar-refractivity contribution in [1.29, 1.82) is 5.26 Å². The maximum absolute atomic E-state index is 13.6. The first-order chi connectivity index (χ1) is 12.5. The van der Waals surface area contributed by atoms with E-state index >= 15 is 0 Å². The fourth-order valence-electron chi connectivity index (χ4n) is 2.09. The van der Waals surface area contributed by atoms with Gasteiger partial charge in [0.05, 0.1) is 18.2 Å². The van der Waals surface area contributed by atoms with Gasteiger partial charge in [0.2, 0.25) is 0 Å². The topological polar surface area (TPSA) is 88.4 Å². The molecule has 0 heterocycles. The molecule has 0 fully saturated rings. The number of halogens is 1. The number of carbonyl (C=O) groups is 2. The van der Waals surface area contributed by atoms with E-state index < -0.39 is 17.7 Å². The van der Waals surface area contributed by atoms with Crippen LogP contribution in [0.5, 0.6) is 5.75 Å². The zero-order valence-corrected chi connectivity index (χ0v) is 14.1. The molecule has 2 rings (SSSR count). The van der Waals surface area contributed by atoms with Crippen LogP contribution in [0.4, 0.5) is 4.39 Å². The van der Waals surface area contributed by atoms with Gasteiger partial charge in [0.15, 0.2) is 0 Å². The summed E-state index contributed by atoms with van der Waals surface area (Å²) in [5.74, 6) is -1.09. The lowest BCUT2D eigenvalue weighted by atomic mass is 10.1. The van der Waals surface area contributed by atoms with Gasteiger partial charge in [-0.15, -0.1) is 0 Å². The van der Waals surface area contributed by atoms with Gasteiger partial charge >= 0.3 is 5.97 Å². The summed E-state index contributed by atoms with van der Waals surface area (Å²) in [5.41, 5.74) is 0.727. The van der Waals surface area contributed by atoms with Crippen molar-refractivity contribution in [3.63, 3.8) is 0 Å². The summed E-state index contributed by atoms with van der Waals surface area (Å²) in [6.07, 6.45) is 0. The second-order valence-corrected chi connectivity index (χ2v) is 5.22. The third-order valence-corrected chi connectivity index (χ3v) is 3.38. The molecule has 0 saturated carbocycles. The molecule has 0 aliphatic rings. The van der Waals surface area contributed by atoms with Gasteiger partial charge in [-0.1, -0.05) is 0 Å². The number of hydrogen-bond donors (Lipinski definition) is 1. The SMILES string of the molecule is CCOc1ccc(C(=O)NCC(=O)OCc2cc(C#N)ccc2F)cc1. The van der Waals surface area contributed by atoms with Gasteiger partial charge in [-0.2, -0.15) is 5.26 Å². The zero-order valence-electron chi connectivity index (χ0n) is 14.1. The minimum Gasteiger partial charge on any atom is -0.494 e. The summed E-state index contributed by atoms with van der Waals surface area (Å²) >= 11 is 0. The number of amides is 1. The molecule has 0 saturated heterocycles. The Hall–Kier alpha value is -3.40. The van der Waals surface area contributed by atoms with Crippen LogP contribution in [0.1, 0.15) is 28.4 Å². The molecule has 0 radical (unpaired) electrons.